The Morgan fingerprint density at radius 1 is 1.32 bits per heavy atom. The van der Waals surface area contributed by atoms with E-state index < -0.39 is 6.10 Å². The van der Waals surface area contributed by atoms with Gasteiger partial charge in [0.25, 0.3) is 5.91 Å². The van der Waals surface area contributed by atoms with E-state index in [1.165, 1.54) is 6.26 Å². The van der Waals surface area contributed by atoms with Crippen molar-refractivity contribution in [1.29, 1.82) is 0 Å². The molecule has 6 nitrogen and oxygen atoms in total. The Morgan fingerprint density at radius 2 is 2.05 bits per heavy atom. The molecule has 0 bridgehead atoms. The molecule has 1 aromatic heterocycles. The van der Waals surface area contributed by atoms with Crippen LogP contribution in [-0.4, -0.2) is 23.5 Å². The Bertz CT molecular complexity index is 608. The van der Waals surface area contributed by atoms with Gasteiger partial charge >= 0.3 is 0 Å². The summed E-state index contributed by atoms with van der Waals surface area (Å²) in [5.74, 6) is 0.238. The second-order valence-corrected chi connectivity index (χ2v) is 4.98. The number of amides is 2. The molecule has 0 aliphatic rings. The van der Waals surface area contributed by atoms with Gasteiger partial charge < -0.3 is 20.2 Å². The van der Waals surface area contributed by atoms with Crippen molar-refractivity contribution in [2.75, 3.05) is 5.32 Å². The van der Waals surface area contributed by atoms with Crippen molar-refractivity contribution in [3.8, 4) is 0 Å². The second-order valence-electron chi connectivity index (χ2n) is 4.98. The van der Waals surface area contributed by atoms with Crippen molar-refractivity contribution >= 4 is 18.0 Å². The molecule has 0 saturated carbocycles. The van der Waals surface area contributed by atoms with Gasteiger partial charge in [0.05, 0.1) is 6.26 Å². The number of carbonyl (C=O) groups is 2. The molecule has 0 spiro atoms. The number of aliphatic hydroxyl groups excluding tert-OH is 1. The number of benzene rings is 1. The van der Waals surface area contributed by atoms with Gasteiger partial charge in [-0.15, -0.1) is 0 Å². The van der Waals surface area contributed by atoms with Crippen molar-refractivity contribution in [3.63, 3.8) is 0 Å². The topological polar surface area (TPSA) is 91.6 Å². The fourth-order valence-corrected chi connectivity index (χ4v) is 2.08. The van der Waals surface area contributed by atoms with Crippen LogP contribution in [0.25, 0.3) is 0 Å². The summed E-state index contributed by atoms with van der Waals surface area (Å²) in [5.41, 5.74) is 1.10. The largest absolute Gasteiger partial charge is 0.467 e. The Labute approximate surface area is 128 Å². The number of furan rings is 1. The molecule has 6 heteroatoms. The van der Waals surface area contributed by atoms with E-state index in [1.807, 2.05) is 6.92 Å². The number of aliphatic hydroxyl groups is 1. The zero-order chi connectivity index (χ0) is 15.9. The molecule has 2 aromatic rings. The van der Waals surface area contributed by atoms with Crippen LogP contribution in [0, 0.1) is 0 Å². The maximum absolute atomic E-state index is 12.1. The van der Waals surface area contributed by atoms with Crippen molar-refractivity contribution in [3.05, 3.63) is 54.0 Å². The summed E-state index contributed by atoms with van der Waals surface area (Å²) in [6, 6.07) is 9.71. The van der Waals surface area contributed by atoms with Crippen molar-refractivity contribution in [2.24, 2.45) is 0 Å². The minimum Gasteiger partial charge on any atom is -0.467 e. The third-order valence-electron chi connectivity index (χ3n) is 3.20. The summed E-state index contributed by atoms with van der Waals surface area (Å²) in [4.78, 5) is 22.4. The molecule has 22 heavy (non-hydrogen) atoms. The lowest BCUT2D eigenvalue weighted by Gasteiger charge is -2.16. The van der Waals surface area contributed by atoms with E-state index in [1.54, 1.807) is 36.4 Å². The molecule has 0 radical (unpaired) electrons. The molecular weight excluding hydrogens is 284 g/mol. The quantitative estimate of drug-likeness (QED) is 0.683. The molecule has 1 aromatic carbocycles. The maximum Gasteiger partial charge on any atom is 0.251 e. The van der Waals surface area contributed by atoms with Crippen LogP contribution in [-0.2, 0) is 4.79 Å². The van der Waals surface area contributed by atoms with E-state index in [-0.39, 0.29) is 11.9 Å². The highest BCUT2D eigenvalue weighted by atomic mass is 16.4. The van der Waals surface area contributed by atoms with E-state index in [2.05, 4.69) is 10.6 Å². The highest BCUT2D eigenvalue weighted by Gasteiger charge is 2.17. The maximum atomic E-state index is 12.1. The van der Waals surface area contributed by atoms with Crippen LogP contribution < -0.4 is 10.6 Å². The first-order chi connectivity index (χ1) is 10.6. The Balaban J connectivity index is 1.89. The minimum atomic E-state index is -0.760. The molecule has 2 rings (SSSR count). The van der Waals surface area contributed by atoms with E-state index in [4.69, 9.17) is 4.42 Å². The first kappa shape index (κ1) is 15.8. The van der Waals surface area contributed by atoms with Crippen LogP contribution in [0.15, 0.2) is 47.1 Å². The van der Waals surface area contributed by atoms with Crippen LogP contribution in [0.1, 0.15) is 35.6 Å². The molecule has 0 saturated heterocycles. The third kappa shape index (κ3) is 4.20. The van der Waals surface area contributed by atoms with Crippen molar-refractivity contribution < 1.29 is 19.1 Å². The fraction of sp³-hybridized carbons (Fsp3) is 0.250. The van der Waals surface area contributed by atoms with Crippen molar-refractivity contribution in [2.45, 2.75) is 25.5 Å². The number of carbonyl (C=O) groups excluding carboxylic acids is 2. The number of hydrogen-bond acceptors (Lipinski definition) is 4. The molecule has 3 N–H and O–H groups in total. The van der Waals surface area contributed by atoms with Gasteiger partial charge in [0, 0.05) is 23.7 Å². The smallest absolute Gasteiger partial charge is 0.251 e. The van der Waals surface area contributed by atoms with Gasteiger partial charge in [-0.3, -0.25) is 9.59 Å². The van der Waals surface area contributed by atoms with E-state index in [0.717, 1.165) is 0 Å². The zero-order valence-electron chi connectivity index (χ0n) is 12.2. The van der Waals surface area contributed by atoms with Gasteiger partial charge in [0.2, 0.25) is 6.41 Å². The van der Waals surface area contributed by atoms with Crippen LogP contribution in [0.5, 0.6) is 0 Å². The van der Waals surface area contributed by atoms with Gasteiger partial charge in [0.1, 0.15) is 11.9 Å². The van der Waals surface area contributed by atoms with E-state index in [9.17, 15) is 14.7 Å². The SMILES string of the molecule is CC(CC(O)c1ccco1)NC(=O)c1ccc(NC=O)cc1. The van der Waals surface area contributed by atoms with Gasteiger partial charge in [-0.2, -0.15) is 0 Å². The Morgan fingerprint density at radius 3 is 2.64 bits per heavy atom. The van der Waals surface area contributed by atoms with Gasteiger partial charge in [-0.05, 0) is 43.3 Å². The van der Waals surface area contributed by atoms with Crippen LogP contribution >= 0.6 is 0 Å². The summed E-state index contributed by atoms with van der Waals surface area (Å²) in [6.07, 6.45) is 1.66. The van der Waals surface area contributed by atoms with Gasteiger partial charge in [-0.1, -0.05) is 0 Å². The summed E-state index contributed by atoms with van der Waals surface area (Å²) in [6.45, 7) is 1.81. The summed E-state index contributed by atoms with van der Waals surface area (Å²) in [7, 11) is 0. The number of hydrogen-bond donors (Lipinski definition) is 3. The first-order valence-corrected chi connectivity index (χ1v) is 6.92. The molecule has 2 atom stereocenters. The molecule has 116 valence electrons. The van der Waals surface area contributed by atoms with Crippen LogP contribution in [0.3, 0.4) is 0 Å². The molecule has 2 unspecified atom stereocenters. The monoisotopic (exact) mass is 302 g/mol. The average Bonchev–Trinajstić information content (AvgIpc) is 3.02. The predicted molar refractivity (Wildman–Crippen MR) is 81.3 cm³/mol. The van der Waals surface area contributed by atoms with E-state index >= 15 is 0 Å². The summed E-state index contributed by atoms with van der Waals surface area (Å²) < 4.78 is 5.12. The number of nitrogens with one attached hydrogen (secondary N) is 2. The molecule has 0 aliphatic heterocycles. The number of anilines is 1. The minimum absolute atomic E-state index is 0.222. The Hall–Kier alpha value is -2.60. The average molecular weight is 302 g/mol. The van der Waals surface area contributed by atoms with Crippen LogP contribution in [0.4, 0.5) is 5.69 Å². The molecule has 1 heterocycles. The highest BCUT2D eigenvalue weighted by Crippen LogP contribution is 2.18. The lowest BCUT2D eigenvalue weighted by Crippen LogP contribution is -2.33. The molecule has 0 aliphatic carbocycles. The lowest BCUT2D eigenvalue weighted by atomic mass is 10.1. The molecule has 0 fully saturated rings. The predicted octanol–water partition coefficient (Wildman–Crippen LogP) is 2.09. The summed E-state index contributed by atoms with van der Waals surface area (Å²) in [5, 5.41) is 15.3. The van der Waals surface area contributed by atoms with Gasteiger partial charge in [-0.25, -0.2) is 0 Å². The second kappa shape index (κ2) is 7.42. The van der Waals surface area contributed by atoms with Gasteiger partial charge in [0.15, 0.2) is 0 Å². The summed E-state index contributed by atoms with van der Waals surface area (Å²) >= 11 is 0. The van der Waals surface area contributed by atoms with E-state index in [0.29, 0.717) is 29.8 Å². The lowest BCUT2D eigenvalue weighted by molar-refractivity contribution is -0.105. The number of rotatable bonds is 7. The normalized spacial score (nSPS) is 13.2. The Kier molecular flexibility index (Phi) is 5.32. The van der Waals surface area contributed by atoms with Crippen molar-refractivity contribution in [1.82, 2.24) is 5.32 Å². The molecule has 2 amide bonds. The standard InChI is InChI=1S/C16H18N2O4/c1-11(9-14(20)15-3-2-8-22-15)18-16(21)12-4-6-13(7-5-12)17-10-19/h2-8,10-11,14,20H,9H2,1H3,(H,17,19)(H,18,21). The zero-order valence-corrected chi connectivity index (χ0v) is 12.2. The highest BCUT2D eigenvalue weighted by molar-refractivity contribution is 5.94. The van der Waals surface area contributed by atoms with Crippen LogP contribution in [0.2, 0.25) is 0 Å². The third-order valence-corrected chi connectivity index (χ3v) is 3.20. The molecular formula is C16H18N2O4. The fourth-order valence-electron chi connectivity index (χ4n) is 2.08. The first-order valence-electron chi connectivity index (χ1n) is 6.92.